The first-order valence-corrected chi connectivity index (χ1v) is 27.5. The monoisotopic (exact) mass is 952 g/mol. The normalized spacial score (nSPS) is 14.1. The third kappa shape index (κ3) is 51.6. The summed E-state index contributed by atoms with van der Waals surface area (Å²) in [5.74, 6) is -0.875. The second kappa shape index (κ2) is 51.8. The molecule has 0 aromatic carbocycles. The number of hydrogen-bond donors (Lipinski definition) is 2. The van der Waals surface area contributed by atoms with Gasteiger partial charge in [0.2, 0.25) is 0 Å². The van der Waals surface area contributed by atoms with Crippen LogP contribution in [0.3, 0.4) is 0 Å². The van der Waals surface area contributed by atoms with Gasteiger partial charge in [0.25, 0.3) is 0 Å². The molecule has 3 N–H and O–H groups in total. The minimum absolute atomic E-state index is 0.0407. The van der Waals surface area contributed by atoms with Crippen LogP contribution < -0.4 is 5.73 Å². The Hall–Kier alpha value is -3.59. The summed E-state index contributed by atoms with van der Waals surface area (Å²) >= 11 is 0. The van der Waals surface area contributed by atoms with Gasteiger partial charge in [-0.2, -0.15) is 0 Å². The maximum absolute atomic E-state index is 12.7. The number of carbonyl (C=O) groups is 2. The number of nitrogens with two attached hydrogens (primary N) is 1. The number of hydrogen-bond acceptors (Lipinski definition) is 8. The first-order valence-electron chi connectivity index (χ1n) is 26.0. The van der Waals surface area contributed by atoms with E-state index in [2.05, 4.69) is 135 Å². The Bertz CT molecular complexity index is 1500. The molecule has 9 nitrogen and oxygen atoms in total. The fraction of sp³-hybridized carbons (Fsp3) is 0.614. The number of phosphoric acid groups is 1. The second-order valence-corrected chi connectivity index (χ2v) is 18.1. The Morgan fingerprint density at radius 2 is 0.821 bits per heavy atom. The lowest BCUT2D eigenvalue weighted by Gasteiger charge is -2.19. The zero-order valence-corrected chi connectivity index (χ0v) is 43.0. The highest BCUT2D eigenvalue weighted by Gasteiger charge is 2.26. The number of esters is 2. The molecule has 0 amide bonds. The van der Waals surface area contributed by atoms with Crippen molar-refractivity contribution in [3.8, 4) is 0 Å². The average Bonchev–Trinajstić information content (AvgIpc) is 3.32. The van der Waals surface area contributed by atoms with E-state index in [0.29, 0.717) is 12.8 Å². The van der Waals surface area contributed by atoms with Crippen molar-refractivity contribution in [2.24, 2.45) is 5.73 Å². The van der Waals surface area contributed by atoms with E-state index in [-0.39, 0.29) is 32.6 Å². The summed E-state index contributed by atoms with van der Waals surface area (Å²) in [6.45, 7) is 3.54. The summed E-state index contributed by atoms with van der Waals surface area (Å²) in [6, 6.07) is 0. The van der Waals surface area contributed by atoms with Gasteiger partial charge in [-0.25, -0.2) is 4.57 Å². The van der Waals surface area contributed by atoms with Crippen molar-refractivity contribution in [3.05, 3.63) is 122 Å². The highest BCUT2D eigenvalue weighted by Crippen LogP contribution is 2.43. The van der Waals surface area contributed by atoms with Crippen molar-refractivity contribution >= 4 is 19.8 Å². The Balaban J connectivity index is 4.16. The molecule has 0 aromatic heterocycles. The molecule has 0 fully saturated rings. The summed E-state index contributed by atoms with van der Waals surface area (Å²) < 4.78 is 32.9. The van der Waals surface area contributed by atoms with Crippen molar-refractivity contribution < 1.29 is 37.6 Å². The van der Waals surface area contributed by atoms with E-state index < -0.39 is 32.5 Å². The van der Waals surface area contributed by atoms with Crippen LogP contribution >= 0.6 is 7.82 Å². The molecular weight excluding hydrogens is 858 g/mol. The minimum Gasteiger partial charge on any atom is -0.462 e. The first kappa shape index (κ1) is 63.4. The van der Waals surface area contributed by atoms with Crippen LogP contribution in [0.25, 0.3) is 0 Å². The van der Waals surface area contributed by atoms with Crippen molar-refractivity contribution in [1.82, 2.24) is 0 Å². The third-order valence-corrected chi connectivity index (χ3v) is 11.3. The Morgan fingerprint density at radius 3 is 1.22 bits per heavy atom. The molecule has 0 saturated carbocycles. The van der Waals surface area contributed by atoms with Crippen LogP contribution in [0.4, 0.5) is 0 Å². The molecule has 10 heteroatoms. The molecule has 0 saturated heterocycles. The highest BCUT2D eigenvalue weighted by atomic mass is 31.2. The van der Waals surface area contributed by atoms with Gasteiger partial charge >= 0.3 is 19.8 Å². The zero-order valence-electron chi connectivity index (χ0n) is 42.1. The number of ether oxygens (including phenoxy) is 2. The predicted octanol–water partition coefficient (Wildman–Crippen LogP) is 16.1. The van der Waals surface area contributed by atoms with E-state index in [1.54, 1.807) is 0 Å². The van der Waals surface area contributed by atoms with Crippen LogP contribution in [-0.4, -0.2) is 49.3 Å². The topological polar surface area (TPSA) is 134 Å². The van der Waals surface area contributed by atoms with E-state index in [0.717, 1.165) is 128 Å². The number of carbonyl (C=O) groups excluding carboxylic acids is 2. The van der Waals surface area contributed by atoms with Crippen LogP contribution in [0.1, 0.15) is 194 Å². The number of allylic oxidation sites excluding steroid dienone is 20. The van der Waals surface area contributed by atoms with Crippen molar-refractivity contribution in [2.75, 3.05) is 26.4 Å². The minimum atomic E-state index is -4.40. The summed E-state index contributed by atoms with van der Waals surface area (Å²) in [6.07, 6.45) is 70.9. The van der Waals surface area contributed by atoms with Crippen molar-refractivity contribution in [3.63, 3.8) is 0 Å². The third-order valence-electron chi connectivity index (χ3n) is 10.3. The maximum atomic E-state index is 12.7. The number of rotatable bonds is 47. The van der Waals surface area contributed by atoms with Gasteiger partial charge in [-0.3, -0.25) is 18.6 Å². The van der Waals surface area contributed by atoms with Crippen molar-refractivity contribution in [1.29, 1.82) is 0 Å². The lowest BCUT2D eigenvalue weighted by atomic mass is 10.1. The fourth-order valence-electron chi connectivity index (χ4n) is 6.50. The van der Waals surface area contributed by atoms with Gasteiger partial charge in [0.05, 0.1) is 13.2 Å². The van der Waals surface area contributed by atoms with Crippen LogP contribution in [0.5, 0.6) is 0 Å². The molecule has 0 aromatic rings. The smallest absolute Gasteiger partial charge is 0.462 e. The molecule has 380 valence electrons. The zero-order chi connectivity index (χ0) is 48.8. The molecule has 0 spiro atoms. The lowest BCUT2D eigenvalue weighted by molar-refractivity contribution is -0.161. The molecule has 0 bridgehead atoms. The summed E-state index contributed by atoms with van der Waals surface area (Å²) in [4.78, 5) is 35.1. The summed E-state index contributed by atoms with van der Waals surface area (Å²) in [5, 5.41) is 0. The predicted molar refractivity (Wildman–Crippen MR) is 284 cm³/mol. The van der Waals surface area contributed by atoms with E-state index in [1.807, 2.05) is 0 Å². The number of unbranched alkanes of at least 4 members (excludes halogenated alkanes) is 14. The summed E-state index contributed by atoms with van der Waals surface area (Å²) in [7, 11) is -4.40. The lowest BCUT2D eigenvalue weighted by Crippen LogP contribution is -2.29. The SMILES string of the molecule is CC/C=C\C/C=C\C/C=C\C/C=C\C/C=C\C/C=C\C/C=C\CCCCCCCC(=O)OC(COC(=O)CCCCCCCC/C=C\C/C=C\C/C=C\CCCCC)COP(=O)(O)OCCN. The molecule has 0 heterocycles. The Morgan fingerprint density at radius 1 is 0.463 bits per heavy atom. The van der Waals surface area contributed by atoms with Gasteiger partial charge in [-0.1, -0.05) is 193 Å². The largest absolute Gasteiger partial charge is 0.472 e. The van der Waals surface area contributed by atoms with E-state index in [1.165, 1.54) is 25.7 Å². The quantitative estimate of drug-likeness (QED) is 0.0265. The Kier molecular flexibility index (Phi) is 49.0. The molecular formula is C57H94NO8P. The molecule has 2 atom stereocenters. The van der Waals surface area contributed by atoms with E-state index in [4.69, 9.17) is 24.3 Å². The van der Waals surface area contributed by atoms with Gasteiger partial charge in [-0.15, -0.1) is 0 Å². The van der Waals surface area contributed by atoms with Gasteiger partial charge in [0, 0.05) is 19.4 Å². The molecule has 0 aliphatic heterocycles. The average molecular weight is 952 g/mol. The molecule has 2 unspecified atom stereocenters. The first-order chi connectivity index (χ1) is 32.8. The molecule has 0 rings (SSSR count). The van der Waals surface area contributed by atoms with Gasteiger partial charge in [0.15, 0.2) is 6.10 Å². The van der Waals surface area contributed by atoms with Crippen LogP contribution in [-0.2, 0) is 32.7 Å². The van der Waals surface area contributed by atoms with Crippen LogP contribution in [0, 0.1) is 0 Å². The van der Waals surface area contributed by atoms with E-state index in [9.17, 15) is 19.0 Å². The van der Waals surface area contributed by atoms with Crippen LogP contribution in [0.15, 0.2) is 122 Å². The fourth-order valence-corrected chi connectivity index (χ4v) is 7.27. The Labute approximate surface area is 409 Å². The molecule has 0 aliphatic carbocycles. The molecule has 67 heavy (non-hydrogen) atoms. The summed E-state index contributed by atoms with van der Waals surface area (Å²) in [5.41, 5.74) is 5.37. The molecule has 0 aliphatic rings. The second-order valence-electron chi connectivity index (χ2n) is 16.7. The van der Waals surface area contributed by atoms with E-state index >= 15 is 0 Å². The van der Waals surface area contributed by atoms with Crippen LogP contribution in [0.2, 0.25) is 0 Å². The number of phosphoric ester groups is 1. The van der Waals surface area contributed by atoms with Crippen molar-refractivity contribution in [2.45, 2.75) is 200 Å². The van der Waals surface area contributed by atoms with Gasteiger partial charge in [0.1, 0.15) is 6.61 Å². The highest BCUT2D eigenvalue weighted by molar-refractivity contribution is 7.47. The standard InChI is InChI=1S/C57H94NO8P/c1-3-5-7-9-11-13-15-17-19-21-23-24-25-26-27-28-29-30-32-34-36-38-40-42-44-46-48-50-57(60)66-55(54-65-67(61,62)64-52-51-58)53-63-56(59)49-47-45-43-41-39-37-35-33-31-22-20-18-16-14-12-10-8-6-4-2/h5,7,11-14,17-20,23-24,26-27,29-31,33-34,36,55H,3-4,6,8-10,15-16,21-22,25,28,32,35,37-54,58H2,1-2H3,(H,61,62)/b7-5-,13-11-,14-12-,19-17-,20-18-,24-23-,27-26-,30-29-,33-31-,36-34-. The molecule has 0 radical (unpaired) electrons. The van der Waals surface area contributed by atoms with Gasteiger partial charge < -0.3 is 20.1 Å². The van der Waals surface area contributed by atoms with Gasteiger partial charge in [-0.05, 0) is 109 Å². The maximum Gasteiger partial charge on any atom is 0.472 e.